The number of rotatable bonds is 10. The molecule has 0 aliphatic carbocycles. The fourth-order valence-corrected chi connectivity index (χ4v) is 9.76. The second kappa shape index (κ2) is 16.3. The Bertz CT molecular complexity index is 3680. The highest BCUT2D eigenvalue weighted by Crippen LogP contribution is 2.50. The summed E-state index contributed by atoms with van der Waals surface area (Å²) in [7, 11) is 0. The molecule has 11 aromatic carbocycles. The van der Waals surface area contributed by atoms with Crippen molar-refractivity contribution in [1.82, 2.24) is 0 Å². The summed E-state index contributed by atoms with van der Waals surface area (Å²) in [5.41, 5.74) is 9.19. The maximum atomic E-state index is 6.97. The molecule has 0 bridgehead atoms. The van der Waals surface area contributed by atoms with Gasteiger partial charge in [-0.25, -0.2) is 0 Å². The van der Waals surface area contributed by atoms with Crippen molar-refractivity contribution in [3.8, 4) is 23.0 Å². The highest BCUT2D eigenvalue weighted by Gasteiger charge is 2.25. The third kappa shape index (κ3) is 6.74. The van der Waals surface area contributed by atoms with E-state index in [1.807, 2.05) is 109 Å². The molecule has 322 valence electrons. The molecule has 0 atom stereocenters. The smallest absolute Gasteiger partial charge is 0.138 e. The normalized spacial score (nSPS) is 11.5. The van der Waals surface area contributed by atoms with Crippen molar-refractivity contribution < 1.29 is 18.3 Å². The van der Waals surface area contributed by atoms with Crippen LogP contribution in [-0.4, -0.2) is 0 Å². The Hall–Kier alpha value is -9.26. The minimum atomic E-state index is 0.762. The quantitative estimate of drug-likeness (QED) is 0.136. The summed E-state index contributed by atoms with van der Waals surface area (Å²) in [6.07, 6.45) is 0. The van der Waals surface area contributed by atoms with Gasteiger partial charge >= 0.3 is 0 Å². The highest BCUT2D eigenvalue weighted by molar-refractivity contribution is 6.35. The van der Waals surface area contributed by atoms with Crippen LogP contribution in [0.25, 0.3) is 65.4 Å². The van der Waals surface area contributed by atoms with Crippen molar-refractivity contribution in [3.05, 3.63) is 243 Å². The van der Waals surface area contributed by atoms with Gasteiger partial charge in [0.2, 0.25) is 0 Å². The Balaban J connectivity index is 0.996. The molecular formula is C62H40N2O4. The lowest BCUT2D eigenvalue weighted by molar-refractivity contribution is 0.482. The summed E-state index contributed by atoms with van der Waals surface area (Å²) < 4.78 is 26.3. The summed E-state index contributed by atoms with van der Waals surface area (Å²) in [6, 6.07) is 83.0. The fourth-order valence-electron chi connectivity index (χ4n) is 9.76. The van der Waals surface area contributed by atoms with Crippen molar-refractivity contribution in [3.63, 3.8) is 0 Å². The number of para-hydroxylation sites is 4. The Morgan fingerprint density at radius 1 is 0.250 bits per heavy atom. The summed E-state index contributed by atoms with van der Waals surface area (Å²) in [4.78, 5) is 4.59. The predicted molar refractivity (Wildman–Crippen MR) is 278 cm³/mol. The molecule has 2 heterocycles. The van der Waals surface area contributed by atoms with E-state index < -0.39 is 0 Å². The van der Waals surface area contributed by atoms with Crippen molar-refractivity contribution in [2.75, 3.05) is 9.80 Å². The number of furan rings is 2. The van der Waals surface area contributed by atoms with Crippen molar-refractivity contribution in [1.29, 1.82) is 0 Å². The van der Waals surface area contributed by atoms with Gasteiger partial charge in [0, 0.05) is 67.2 Å². The number of nitrogens with zero attached hydrogens (tertiary/aromatic N) is 2. The van der Waals surface area contributed by atoms with Gasteiger partial charge in [0.1, 0.15) is 45.3 Å². The van der Waals surface area contributed by atoms with Crippen LogP contribution in [0.4, 0.5) is 34.1 Å². The van der Waals surface area contributed by atoms with Gasteiger partial charge in [0.05, 0.1) is 11.4 Å². The van der Waals surface area contributed by atoms with Gasteiger partial charge < -0.3 is 28.1 Å². The SMILES string of the molecule is c1ccc(Oc2ccc(N(c3ccccc3)c3cc4oc5ccc6oc7cc(N(c8ccccc8)c8ccc(Oc9ccccc9)cc8)c8ccccc8c7c6c5c4c4ccccc34)cc2)cc1. The summed E-state index contributed by atoms with van der Waals surface area (Å²) in [5, 5.41) is 8.49. The van der Waals surface area contributed by atoms with Crippen molar-refractivity contribution >= 4 is 99.5 Å². The summed E-state index contributed by atoms with van der Waals surface area (Å²) in [6.45, 7) is 0. The third-order valence-electron chi connectivity index (χ3n) is 12.7. The molecule has 6 heteroatoms. The lowest BCUT2D eigenvalue weighted by atomic mass is 9.96. The van der Waals surface area contributed by atoms with Gasteiger partial charge in [-0.15, -0.1) is 0 Å². The molecule has 2 aromatic heterocycles. The van der Waals surface area contributed by atoms with E-state index in [9.17, 15) is 0 Å². The van der Waals surface area contributed by atoms with E-state index in [0.717, 1.165) is 123 Å². The molecule has 0 spiro atoms. The average molecular weight is 877 g/mol. The van der Waals surface area contributed by atoms with E-state index in [1.165, 1.54) is 0 Å². The molecule has 0 aliphatic rings. The first-order chi connectivity index (χ1) is 33.7. The third-order valence-corrected chi connectivity index (χ3v) is 12.7. The van der Waals surface area contributed by atoms with Gasteiger partial charge in [0.15, 0.2) is 0 Å². The molecule has 0 amide bonds. The zero-order valence-electron chi connectivity index (χ0n) is 36.6. The van der Waals surface area contributed by atoms with E-state index in [1.54, 1.807) is 0 Å². The van der Waals surface area contributed by atoms with Crippen LogP contribution >= 0.6 is 0 Å². The van der Waals surface area contributed by atoms with Crippen molar-refractivity contribution in [2.24, 2.45) is 0 Å². The minimum Gasteiger partial charge on any atom is -0.457 e. The Labute approximate surface area is 391 Å². The lowest BCUT2D eigenvalue weighted by Gasteiger charge is -2.27. The van der Waals surface area contributed by atoms with E-state index in [2.05, 4.69) is 143 Å². The molecular weight excluding hydrogens is 837 g/mol. The number of fused-ring (bicyclic) bond motifs is 11. The molecule has 0 aliphatic heterocycles. The van der Waals surface area contributed by atoms with E-state index in [-0.39, 0.29) is 0 Å². The molecule has 68 heavy (non-hydrogen) atoms. The Morgan fingerprint density at radius 2 is 0.559 bits per heavy atom. The van der Waals surface area contributed by atoms with E-state index >= 15 is 0 Å². The van der Waals surface area contributed by atoms with E-state index in [4.69, 9.17) is 18.3 Å². The molecule has 0 saturated heterocycles. The second-order valence-electron chi connectivity index (χ2n) is 16.8. The number of hydrogen-bond donors (Lipinski definition) is 0. The average Bonchev–Trinajstić information content (AvgIpc) is 3.97. The van der Waals surface area contributed by atoms with E-state index in [0.29, 0.717) is 0 Å². The molecule has 13 aromatic rings. The first-order valence-electron chi connectivity index (χ1n) is 22.7. The molecule has 0 N–H and O–H groups in total. The topological polar surface area (TPSA) is 51.2 Å². The molecule has 0 fully saturated rings. The van der Waals surface area contributed by atoms with Gasteiger partial charge in [0.25, 0.3) is 0 Å². The minimum absolute atomic E-state index is 0.762. The Kier molecular flexibility index (Phi) is 9.39. The van der Waals surface area contributed by atoms with Gasteiger partial charge in [-0.3, -0.25) is 0 Å². The molecule has 13 rings (SSSR count). The number of ether oxygens (including phenoxy) is 2. The first kappa shape index (κ1) is 39.1. The summed E-state index contributed by atoms with van der Waals surface area (Å²) >= 11 is 0. The van der Waals surface area contributed by atoms with Crippen LogP contribution in [0.1, 0.15) is 0 Å². The Morgan fingerprint density at radius 3 is 0.941 bits per heavy atom. The molecule has 6 nitrogen and oxygen atoms in total. The van der Waals surface area contributed by atoms with Gasteiger partial charge in [-0.05, 0) is 120 Å². The largest absolute Gasteiger partial charge is 0.457 e. The highest BCUT2D eigenvalue weighted by atomic mass is 16.5. The monoisotopic (exact) mass is 876 g/mol. The number of benzene rings is 11. The first-order valence-corrected chi connectivity index (χ1v) is 22.7. The molecule has 0 unspecified atom stereocenters. The number of hydrogen-bond acceptors (Lipinski definition) is 6. The molecule has 0 saturated carbocycles. The predicted octanol–water partition coefficient (Wildman–Crippen LogP) is 18.3. The fraction of sp³-hybridized carbons (Fsp3) is 0. The van der Waals surface area contributed by atoms with Crippen LogP contribution in [0.3, 0.4) is 0 Å². The molecule has 0 radical (unpaired) electrons. The van der Waals surface area contributed by atoms with Gasteiger partial charge in [-0.1, -0.05) is 121 Å². The zero-order valence-corrected chi connectivity index (χ0v) is 36.6. The van der Waals surface area contributed by atoms with Crippen molar-refractivity contribution in [2.45, 2.75) is 0 Å². The van der Waals surface area contributed by atoms with Crippen LogP contribution in [0.2, 0.25) is 0 Å². The maximum Gasteiger partial charge on any atom is 0.138 e. The maximum absolute atomic E-state index is 6.97. The summed E-state index contributed by atoms with van der Waals surface area (Å²) in [5.74, 6) is 3.11. The second-order valence-corrected chi connectivity index (χ2v) is 16.8. The van der Waals surface area contributed by atoms with Crippen LogP contribution in [0.15, 0.2) is 251 Å². The van der Waals surface area contributed by atoms with Gasteiger partial charge in [-0.2, -0.15) is 0 Å². The zero-order chi connectivity index (χ0) is 45.0. The number of anilines is 6. The van der Waals surface area contributed by atoms with Crippen LogP contribution in [0, 0.1) is 0 Å². The van der Waals surface area contributed by atoms with Crippen LogP contribution in [-0.2, 0) is 0 Å². The standard InChI is InChI=1S/C62H40N2O4/c1-5-17-41(18-6-1)63(43-29-33-47(34-30-43)65-45-21-9-3-10-22-45)53-39-57-59(51-27-15-13-25-49(51)53)61-55(67-57)37-38-56-62(61)60-52-28-16-14-26-50(52)54(40-58(60)68-56)64(42-19-7-2-8-20-42)44-31-35-48(36-32-44)66-46-23-11-4-12-24-46/h1-40H. The van der Waals surface area contributed by atoms with Crippen LogP contribution < -0.4 is 19.3 Å². The van der Waals surface area contributed by atoms with Crippen LogP contribution in [0.5, 0.6) is 23.0 Å². The lowest BCUT2D eigenvalue weighted by Crippen LogP contribution is -2.10.